The lowest BCUT2D eigenvalue weighted by Gasteiger charge is -2.07. The molecule has 0 aliphatic heterocycles. The first-order valence-electron chi connectivity index (χ1n) is 5.82. The number of halogens is 3. The second-order valence-corrected chi connectivity index (χ2v) is 4.57. The molecule has 0 bridgehead atoms. The fraction of sp³-hybridized carbons (Fsp3) is 0.133. The fourth-order valence-corrected chi connectivity index (χ4v) is 2.13. The van der Waals surface area contributed by atoms with E-state index >= 15 is 0 Å². The van der Waals surface area contributed by atoms with Crippen molar-refractivity contribution in [3.05, 3.63) is 64.2 Å². The minimum atomic E-state index is -0.684. The third-order valence-corrected chi connectivity index (χ3v) is 3.14. The van der Waals surface area contributed by atoms with Crippen LogP contribution in [0.2, 0.25) is 5.02 Å². The second kappa shape index (κ2) is 6.01. The van der Waals surface area contributed by atoms with Gasteiger partial charge < -0.3 is 4.74 Å². The fourth-order valence-electron chi connectivity index (χ4n) is 1.86. The zero-order valence-corrected chi connectivity index (χ0v) is 11.4. The Morgan fingerprint density at radius 2 is 1.95 bits per heavy atom. The predicted molar refractivity (Wildman–Crippen MR) is 72.4 cm³/mol. The van der Waals surface area contributed by atoms with Crippen LogP contribution in [0.1, 0.15) is 15.9 Å². The topological polar surface area (TPSA) is 26.3 Å². The molecule has 20 heavy (non-hydrogen) atoms. The molecule has 0 spiro atoms. The van der Waals surface area contributed by atoms with E-state index in [-0.39, 0.29) is 22.8 Å². The highest BCUT2D eigenvalue weighted by molar-refractivity contribution is 6.34. The van der Waals surface area contributed by atoms with Gasteiger partial charge >= 0.3 is 0 Å². The molecular formula is C15H11ClF2O2. The second-order valence-electron chi connectivity index (χ2n) is 4.17. The maximum atomic E-state index is 13.6. The Kier molecular flexibility index (Phi) is 4.35. The summed E-state index contributed by atoms with van der Waals surface area (Å²) < 4.78 is 31.9. The minimum absolute atomic E-state index is 0.0454. The van der Waals surface area contributed by atoms with E-state index in [0.29, 0.717) is 5.56 Å². The molecule has 2 aromatic carbocycles. The summed E-state index contributed by atoms with van der Waals surface area (Å²) >= 11 is 5.81. The van der Waals surface area contributed by atoms with Crippen LogP contribution in [-0.4, -0.2) is 12.9 Å². The number of methoxy groups -OCH3 is 1. The van der Waals surface area contributed by atoms with Crippen LogP contribution in [0.15, 0.2) is 36.4 Å². The smallest absolute Gasteiger partial charge is 0.171 e. The summed E-state index contributed by atoms with van der Waals surface area (Å²) in [7, 11) is 1.35. The summed E-state index contributed by atoms with van der Waals surface area (Å²) in [4.78, 5) is 12.0. The number of carbonyl (C=O) groups excluding carboxylic acids is 1. The molecule has 0 aliphatic carbocycles. The lowest BCUT2D eigenvalue weighted by atomic mass is 10.0. The van der Waals surface area contributed by atoms with Gasteiger partial charge in [0.15, 0.2) is 17.3 Å². The van der Waals surface area contributed by atoms with Crippen LogP contribution in [0.5, 0.6) is 5.75 Å². The summed E-state index contributed by atoms with van der Waals surface area (Å²) in [5.41, 5.74) is 0.248. The minimum Gasteiger partial charge on any atom is -0.494 e. The van der Waals surface area contributed by atoms with E-state index in [1.54, 1.807) is 6.07 Å². The van der Waals surface area contributed by atoms with E-state index in [1.165, 1.54) is 31.4 Å². The molecule has 0 aliphatic rings. The molecule has 0 radical (unpaired) electrons. The van der Waals surface area contributed by atoms with Crippen molar-refractivity contribution < 1.29 is 18.3 Å². The number of ketones is 1. The van der Waals surface area contributed by atoms with Gasteiger partial charge in [0.1, 0.15) is 5.82 Å². The molecule has 0 aromatic heterocycles. The zero-order chi connectivity index (χ0) is 14.7. The molecule has 0 saturated heterocycles. The summed E-state index contributed by atoms with van der Waals surface area (Å²) in [6, 6.07) is 8.17. The Morgan fingerprint density at radius 1 is 1.20 bits per heavy atom. The average Bonchev–Trinajstić information content (AvgIpc) is 2.38. The standard InChI is InChI=1S/C15H11ClF2O2/c1-20-14-6-5-9(7-12(14)18)8-13(19)15-10(16)3-2-4-11(15)17/h2-7H,8H2,1H3. The van der Waals surface area contributed by atoms with Crippen molar-refractivity contribution in [2.45, 2.75) is 6.42 Å². The summed E-state index contributed by atoms with van der Waals surface area (Å²) in [6.07, 6.45) is -0.137. The monoisotopic (exact) mass is 296 g/mol. The first-order valence-corrected chi connectivity index (χ1v) is 6.20. The Hall–Kier alpha value is -1.94. The Bertz CT molecular complexity index is 636. The van der Waals surface area contributed by atoms with E-state index in [4.69, 9.17) is 16.3 Å². The maximum Gasteiger partial charge on any atom is 0.171 e. The van der Waals surface area contributed by atoms with Gasteiger partial charge in [-0.1, -0.05) is 23.7 Å². The van der Waals surface area contributed by atoms with Gasteiger partial charge in [0.2, 0.25) is 0 Å². The molecule has 0 fully saturated rings. The third-order valence-electron chi connectivity index (χ3n) is 2.82. The Balaban J connectivity index is 2.26. The van der Waals surface area contributed by atoms with Crippen LogP contribution in [0.3, 0.4) is 0 Å². The van der Waals surface area contributed by atoms with Crippen molar-refractivity contribution in [3.63, 3.8) is 0 Å². The van der Waals surface area contributed by atoms with E-state index < -0.39 is 17.4 Å². The van der Waals surface area contributed by atoms with Gasteiger partial charge in [0, 0.05) is 6.42 Å². The van der Waals surface area contributed by atoms with Gasteiger partial charge in [-0.2, -0.15) is 0 Å². The highest BCUT2D eigenvalue weighted by Crippen LogP contribution is 2.23. The maximum absolute atomic E-state index is 13.6. The highest BCUT2D eigenvalue weighted by atomic mass is 35.5. The Morgan fingerprint density at radius 3 is 2.55 bits per heavy atom. The molecule has 0 unspecified atom stereocenters. The first kappa shape index (κ1) is 14.5. The van der Waals surface area contributed by atoms with Gasteiger partial charge in [-0.3, -0.25) is 4.79 Å². The van der Waals surface area contributed by atoms with Crippen molar-refractivity contribution in [1.29, 1.82) is 0 Å². The summed E-state index contributed by atoms with van der Waals surface area (Å²) in [5.74, 6) is -1.67. The van der Waals surface area contributed by atoms with E-state index in [9.17, 15) is 13.6 Å². The van der Waals surface area contributed by atoms with Crippen LogP contribution >= 0.6 is 11.6 Å². The number of benzene rings is 2. The largest absolute Gasteiger partial charge is 0.494 e. The van der Waals surface area contributed by atoms with E-state index in [2.05, 4.69) is 0 Å². The van der Waals surface area contributed by atoms with E-state index in [1.807, 2.05) is 0 Å². The number of Topliss-reactive ketones (excluding diaryl/α,β-unsaturated/α-hetero) is 1. The van der Waals surface area contributed by atoms with Crippen LogP contribution in [0.4, 0.5) is 8.78 Å². The quantitative estimate of drug-likeness (QED) is 0.796. The molecule has 0 saturated carbocycles. The number of rotatable bonds is 4. The molecule has 2 aromatic rings. The van der Waals surface area contributed by atoms with Gasteiger partial charge in [-0.15, -0.1) is 0 Å². The normalized spacial score (nSPS) is 10.4. The van der Waals surface area contributed by atoms with Gasteiger partial charge in [-0.05, 0) is 29.8 Å². The number of hydrogen-bond donors (Lipinski definition) is 0. The van der Waals surface area contributed by atoms with Crippen LogP contribution in [0, 0.1) is 11.6 Å². The first-order chi connectivity index (χ1) is 9.52. The number of hydrogen-bond acceptors (Lipinski definition) is 2. The van der Waals surface area contributed by atoms with Gasteiger partial charge in [0.05, 0.1) is 17.7 Å². The highest BCUT2D eigenvalue weighted by Gasteiger charge is 2.16. The van der Waals surface area contributed by atoms with Crippen molar-refractivity contribution in [2.24, 2.45) is 0 Å². The molecule has 104 valence electrons. The molecule has 0 heterocycles. The predicted octanol–water partition coefficient (Wildman–Crippen LogP) is 4.05. The van der Waals surface area contributed by atoms with Gasteiger partial charge in [0.25, 0.3) is 0 Å². The summed E-state index contributed by atoms with van der Waals surface area (Å²) in [6.45, 7) is 0. The average molecular weight is 297 g/mol. The number of carbonyl (C=O) groups is 1. The third kappa shape index (κ3) is 2.96. The van der Waals surface area contributed by atoms with Crippen LogP contribution in [-0.2, 0) is 6.42 Å². The van der Waals surface area contributed by atoms with E-state index in [0.717, 1.165) is 6.07 Å². The molecule has 0 atom stereocenters. The van der Waals surface area contributed by atoms with Crippen LogP contribution < -0.4 is 4.74 Å². The van der Waals surface area contributed by atoms with Gasteiger partial charge in [-0.25, -0.2) is 8.78 Å². The molecule has 0 N–H and O–H groups in total. The van der Waals surface area contributed by atoms with Crippen molar-refractivity contribution >= 4 is 17.4 Å². The summed E-state index contributed by atoms with van der Waals surface area (Å²) in [5, 5.41) is 0.0454. The van der Waals surface area contributed by atoms with Crippen molar-refractivity contribution in [2.75, 3.05) is 7.11 Å². The SMILES string of the molecule is COc1ccc(CC(=O)c2c(F)cccc2Cl)cc1F. The molecule has 2 nitrogen and oxygen atoms in total. The molecule has 5 heteroatoms. The zero-order valence-electron chi connectivity index (χ0n) is 10.6. The molecule has 0 amide bonds. The Labute approximate surface area is 119 Å². The molecule has 2 rings (SSSR count). The lowest BCUT2D eigenvalue weighted by molar-refractivity contribution is 0.0989. The lowest BCUT2D eigenvalue weighted by Crippen LogP contribution is -2.07. The van der Waals surface area contributed by atoms with Crippen molar-refractivity contribution in [3.8, 4) is 5.75 Å². The molecular weight excluding hydrogens is 286 g/mol. The van der Waals surface area contributed by atoms with Crippen LogP contribution in [0.25, 0.3) is 0 Å². The number of ether oxygens (including phenoxy) is 1. The van der Waals surface area contributed by atoms with Crippen molar-refractivity contribution in [1.82, 2.24) is 0 Å².